The first-order valence-corrected chi connectivity index (χ1v) is 7.27. The van der Waals surface area contributed by atoms with E-state index in [0.29, 0.717) is 5.56 Å². The van der Waals surface area contributed by atoms with Crippen molar-refractivity contribution in [2.45, 2.75) is 46.5 Å². The Morgan fingerprint density at radius 1 is 0.800 bits per heavy atom. The van der Waals surface area contributed by atoms with Gasteiger partial charge in [-0.2, -0.15) is 0 Å². The van der Waals surface area contributed by atoms with Crippen LogP contribution in [-0.4, -0.2) is 0 Å². The van der Waals surface area contributed by atoms with Gasteiger partial charge in [0.2, 0.25) is 0 Å². The van der Waals surface area contributed by atoms with E-state index < -0.39 is 0 Å². The maximum Gasteiger partial charge on any atom is 0.126 e. The van der Waals surface area contributed by atoms with Gasteiger partial charge in [-0.15, -0.1) is 0 Å². The molecule has 0 unspecified atom stereocenters. The summed E-state index contributed by atoms with van der Waals surface area (Å²) in [6.45, 7) is 8.02. The highest BCUT2D eigenvalue weighted by molar-refractivity contribution is 5.35. The van der Waals surface area contributed by atoms with Gasteiger partial charge < -0.3 is 0 Å². The summed E-state index contributed by atoms with van der Waals surface area (Å²) in [5, 5.41) is 0. The monoisotopic (exact) mass is 270 g/mol. The van der Waals surface area contributed by atoms with Gasteiger partial charge in [-0.3, -0.25) is 0 Å². The standard InChI is InChI=1S/C11H14.C8H9F/c1-8-3-4-9(2)11(7-8)10-5-6-10;1-6-3-4-7(2)8(9)5-6/h3-4,7,10H,5-6H2,1-2H3;3-5H,1-2H3. The van der Waals surface area contributed by atoms with Gasteiger partial charge in [-0.05, 0) is 74.8 Å². The average Bonchev–Trinajstić information content (AvgIpc) is 3.22. The zero-order chi connectivity index (χ0) is 14.7. The van der Waals surface area contributed by atoms with Crippen LogP contribution in [0.2, 0.25) is 0 Å². The SMILES string of the molecule is Cc1ccc(C)c(C2CC2)c1.Cc1ccc(C)c(F)c1. The quantitative estimate of drug-likeness (QED) is 0.630. The minimum Gasteiger partial charge on any atom is -0.207 e. The largest absolute Gasteiger partial charge is 0.207 e. The summed E-state index contributed by atoms with van der Waals surface area (Å²) < 4.78 is 12.6. The molecule has 2 aromatic rings. The van der Waals surface area contributed by atoms with Crippen LogP contribution in [-0.2, 0) is 0 Å². The summed E-state index contributed by atoms with van der Waals surface area (Å²) in [6.07, 6.45) is 2.81. The molecule has 1 heteroatoms. The molecule has 1 aliphatic carbocycles. The van der Waals surface area contributed by atoms with Crippen LogP contribution >= 0.6 is 0 Å². The second-order valence-electron chi connectivity index (χ2n) is 5.89. The van der Waals surface area contributed by atoms with Crippen LogP contribution in [0.15, 0.2) is 36.4 Å². The molecule has 0 heterocycles. The zero-order valence-corrected chi connectivity index (χ0v) is 12.8. The van der Waals surface area contributed by atoms with Gasteiger partial charge in [0.25, 0.3) is 0 Å². The van der Waals surface area contributed by atoms with Crippen LogP contribution in [0, 0.1) is 33.5 Å². The van der Waals surface area contributed by atoms with E-state index in [0.717, 1.165) is 11.5 Å². The Labute approximate surface area is 121 Å². The summed E-state index contributed by atoms with van der Waals surface area (Å²) in [4.78, 5) is 0. The van der Waals surface area contributed by atoms with Gasteiger partial charge in [-0.25, -0.2) is 4.39 Å². The van der Waals surface area contributed by atoms with Gasteiger partial charge in [0, 0.05) is 0 Å². The van der Waals surface area contributed by atoms with E-state index in [2.05, 4.69) is 32.0 Å². The molecule has 0 aliphatic heterocycles. The highest BCUT2D eigenvalue weighted by Gasteiger charge is 2.24. The molecule has 0 radical (unpaired) electrons. The van der Waals surface area contributed by atoms with Crippen molar-refractivity contribution in [2.24, 2.45) is 0 Å². The van der Waals surface area contributed by atoms with Crippen LogP contribution < -0.4 is 0 Å². The lowest BCUT2D eigenvalue weighted by molar-refractivity contribution is 0.617. The number of aryl methyl sites for hydroxylation is 4. The lowest BCUT2D eigenvalue weighted by atomic mass is 10.0. The first-order chi connectivity index (χ1) is 9.47. The van der Waals surface area contributed by atoms with Crippen molar-refractivity contribution in [1.29, 1.82) is 0 Å². The van der Waals surface area contributed by atoms with Crippen LogP contribution in [0.25, 0.3) is 0 Å². The Balaban J connectivity index is 0.000000151. The molecule has 2 aromatic carbocycles. The first kappa shape index (κ1) is 14.8. The molecule has 1 saturated carbocycles. The molecule has 3 rings (SSSR count). The van der Waals surface area contributed by atoms with Crippen LogP contribution in [0.1, 0.15) is 46.6 Å². The molecule has 0 bridgehead atoms. The maximum atomic E-state index is 12.6. The van der Waals surface area contributed by atoms with E-state index in [9.17, 15) is 4.39 Å². The molecular formula is C19H23F. The molecule has 1 aliphatic rings. The third-order valence-electron chi connectivity index (χ3n) is 3.78. The molecule has 106 valence electrons. The summed E-state index contributed by atoms with van der Waals surface area (Å²) >= 11 is 0. The smallest absolute Gasteiger partial charge is 0.126 e. The molecule has 0 spiro atoms. The summed E-state index contributed by atoms with van der Waals surface area (Å²) in [6, 6.07) is 12.0. The van der Waals surface area contributed by atoms with Gasteiger partial charge >= 0.3 is 0 Å². The van der Waals surface area contributed by atoms with Crippen molar-refractivity contribution < 1.29 is 4.39 Å². The number of hydrogen-bond acceptors (Lipinski definition) is 0. The lowest BCUT2D eigenvalue weighted by Gasteiger charge is -2.03. The van der Waals surface area contributed by atoms with Gasteiger partial charge in [0.1, 0.15) is 5.82 Å². The van der Waals surface area contributed by atoms with E-state index in [-0.39, 0.29) is 5.82 Å². The van der Waals surface area contributed by atoms with Crippen molar-refractivity contribution in [3.63, 3.8) is 0 Å². The Bertz CT molecular complexity index is 595. The second kappa shape index (κ2) is 6.21. The highest BCUT2D eigenvalue weighted by atomic mass is 19.1. The molecular weight excluding hydrogens is 247 g/mol. The van der Waals surface area contributed by atoms with E-state index in [1.54, 1.807) is 18.6 Å². The third-order valence-corrected chi connectivity index (χ3v) is 3.78. The molecule has 0 aromatic heterocycles. The molecule has 0 saturated heterocycles. The number of hydrogen-bond donors (Lipinski definition) is 0. The normalized spacial score (nSPS) is 13.7. The minimum atomic E-state index is -0.116. The fraction of sp³-hybridized carbons (Fsp3) is 0.368. The number of halogens is 1. The van der Waals surface area contributed by atoms with Crippen LogP contribution in [0.4, 0.5) is 4.39 Å². The molecule has 0 N–H and O–H groups in total. The Hall–Kier alpha value is -1.63. The molecule has 0 amide bonds. The van der Waals surface area contributed by atoms with E-state index >= 15 is 0 Å². The van der Waals surface area contributed by atoms with Crippen molar-refractivity contribution in [2.75, 3.05) is 0 Å². The van der Waals surface area contributed by atoms with Crippen molar-refractivity contribution in [3.05, 3.63) is 70.0 Å². The Kier molecular flexibility index (Phi) is 4.59. The summed E-state index contributed by atoms with van der Waals surface area (Å²) in [5.41, 5.74) is 6.14. The van der Waals surface area contributed by atoms with Gasteiger partial charge in [0.05, 0.1) is 0 Å². The Morgan fingerprint density at radius 3 is 1.85 bits per heavy atom. The molecule has 0 nitrogen and oxygen atoms in total. The fourth-order valence-electron chi connectivity index (χ4n) is 2.29. The number of rotatable bonds is 1. The fourth-order valence-corrected chi connectivity index (χ4v) is 2.29. The predicted molar refractivity (Wildman–Crippen MR) is 83.8 cm³/mol. The van der Waals surface area contributed by atoms with Gasteiger partial charge in [-0.1, -0.05) is 35.9 Å². The summed E-state index contributed by atoms with van der Waals surface area (Å²) in [7, 11) is 0. The van der Waals surface area contributed by atoms with E-state index in [1.807, 2.05) is 13.0 Å². The van der Waals surface area contributed by atoms with E-state index in [4.69, 9.17) is 0 Å². The zero-order valence-electron chi connectivity index (χ0n) is 12.8. The van der Waals surface area contributed by atoms with Crippen molar-refractivity contribution >= 4 is 0 Å². The van der Waals surface area contributed by atoms with Crippen molar-refractivity contribution in [3.8, 4) is 0 Å². The maximum absolute atomic E-state index is 12.6. The molecule has 1 fully saturated rings. The van der Waals surface area contributed by atoms with Gasteiger partial charge in [0.15, 0.2) is 0 Å². The highest BCUT2D eigenvalue weighted by Crippen LogP contribution is 2.41. The summed E-state index contributed by atoms with van der Waals surface area (Å²) in [5.74, 6) is 0.782. The molecule has 20 heavy (non-hydrogen) atoms. The van der Waals surface area contributed by atoms with E-state index in [1.165, 1.54) is 30.0 Å². The third kappa shape index (κ3) is 3.93. The van der Waals surface area contributed by atoms with Crippen LogP contribution in [0.3, 0.4) is 0 Å². The number of benzene rings is 2. The minimum absolute atomic E-state index is 0.116. The predicted octanol–water partition coefficient (Wildman–Crippen LogP) is 5.62. The first-order valence-electron chi connectivity index (χ1n) is 7.27. The second-order valence-corrected chi connectivity index (χ2v) is 5.89. The average molecular weight is 270 g/mol. The van der Waals surface area contributed by atoms with Crippen LogP contribution in [0.5, 0.6) is 0 Å². The topological polar surface area (TPSA) is 0 Å². The molecule has 0 atom stereocenters. The van der Waals surface area contributed by atoms with Crippen molar-refractivity contribution in [1.82, 2.24) is 0 Å². The Morgan fingerprint density at radius 2 is 1.35 bits per heavy atom. The lowest BCUT2D eigenvalue weighted by Crippen LogP contribution is -1.86.